The lowest BCUT2D eigenvalue weighted by molar-refractivity contribution is -0.143. The Labute approximate surface area is 204 Å². The molecule has 13 heteroatoms. The van der Waals surface area contributed by atoms with Crippen molar-refractivity contribution in [1.29, 1.82) is 0 Å². The van der Waals surface area contributed by atoms with E-state index in [0.29, 0.717) is 29.2 Å². The van der Waals surface area contributed by atoms with Crippen molar-refractivity contribution in [2.75, 3.05) is 11.1 Å². The molecule has 0 unspecified atom stereocenters. The van der Waals surface area contributed by atoms with Crippen LogP contribution < -0.4 is 5.32 Å². The Morgan fingerprint density at radius 1 is 0.889 bits per heavy atom. The van der Waals surface area contributed by atoms with Crippen LogP contribution in [-0.2, 0) is 17.1 Å². The van der Waals surface area contributed by atoms with Gasteiger partial charge in [0.05, 0.1) is 16.9 Å². The van der Waals surface area contributed by atoms with Crippen molar-refractivity contribution in [2.24, 2.45) is 0 Å². The summed E-state index contributed by atoms with van der Waals surface area (Å²) in [5, 5.41) is 10.7. The van der Waals surface area contributed by atoms with Crippen molar-refractivity contribution in [1.82, 2.24) is 19.7 Å². The largest absolute Gasteiger partial charge is 0.416 e. The number of amides is 1. The van der Waals surface area contributed by atoms with E-state index in [2.05, 4.69) is 20.5 Å². The lowest BCUT2D eigenvalue weighted by Crippen LogP contribution is -2.17. The summed E-state index contributed by atoms with van der Waals surface area (Å²) in [6.45, 7) is 0. The van der Waals surface area contributed by atoms with Crippen molar-refractivity contribution in [3.63, 3.8) is 0 Å². The van der Waals surface area contributed by atoms with Crippen LogP contribution in [0.2, 0.25) is 0 Å². The Balaban J connectivity index is 1.58. The molecule has 0 aliphatic carbocycles. The molecule has 4 aromatic rings. The number of nitrogens with one attached hydrogen (secondary N) is 1. The molecule has 0 saturated carbocycles. The molecule has 0 aliphatic heterocycles. The number of nitrogens with zero attached hydrogens (tertiary/aromatic N) is 4. The number of para-hydroxylation sites is 1. The van der Waals surface area contributed by atoms with Crippen molar-refractivity contribution >= 4 is 23.4 Å². The molecule has 36 heavy (non-hydrogen) atoms. The van der Waals surface area contributed by atoms with Gasteiger partial charge in [-0.3, -0.25) is 14.3 Å². The van der Waals surface area contributed by atoms with Gasteiger partial charge in [-0.25, -0.2) is 0 Å². The number of halogens is 6. The molecule has 2 aromatic carbocycles. The molecule has 186 valence electrons. The van der Waals surface area contributed by atoms with Crippen LogP contribution in [0, 0.1) is 0 Å². The Hall–Kier alpha value is -3.87. The SMILES string of the molecule is O=C(CSc1nnc(-c2cccnc2)n1-c1ccccc1)Nc1cc(C(F)(F)F)cc(C(F)(F)F)c1. The second-order valence-electron chi connectivity index (χ2n) is 7.35. The first-order valence-electron chi connectivity index (χ1n) is 10.2. The molecule has 0 radical (unpaired) electrons. The fraction of sp³-hybridized carbons (Fsp3) is 0.130. The van der Waals surface area contributed by atoms with Gasteiger partial charge >= 0.3 is 12.4 Å². The number of hydrogen-bond donors (Lipinski definition) is 1. The number of pyridine rings is 1. The van der Waals surface area contributed by atoms with E-state index in [0.717, 1.165) is 11.8 Å². The first-order valence-corrected chi connectivity index (χ1v) is 11.1. The highest BCUT2D eigenvalue weighted by molar-refractivity contribution is 7.99. The number of hydrogen-bond acceptors (Lipinski definition) is 5. The molecule has 4 rings (SSSR count). The first kappa shape index (κ1) is 25.2. The van der Waals surface area contributed by atoms with Crippen LogP contribution in [0.5, 0.6) is 0 Å². The van der Waals surface area contributed by atoms with Crippen LogP contribution in [0.1, 0.15) is 11.1 Å². The van der Waals surface area contributed by atoms with Crippen LogP contribution in [0.15, 0.2) is 78.2 Å². The lowest BCUT2D eigenvalue weighted by Gasteiger charge is -2.15. The van der Waals surface area contributed by atoms with Gasteiger partial charge in [0.15, 0.2) is 11.0 Å². The molecule has 0 atom stereocenters. The Morgan fingerprint density at radius 3 is 2.14 bits per heavy atom. The van der Waals surface area contributed by atoms with Crippen LogP contribution in [0.3, 0.4) is 0 Å². The molecule has 6 nitrogen and oxygen atoms in total. The number of anilines is 1. The third-order valence-corrected chi connectivity index (χ3v) is 5.70. The highest BCUT2D eigenvalue weighted by atomic mass is 32.2. The number of rotatable bonds is 6. The second-order valence-corrected chi connectivity index (χ2v) is 8.29. The van der Waals surface area contributed by atoms with E-state index in [-0.39, 0.29) is 17.0 Å². The second kappa shape index (κ2) is 10.0. The van der Waals surface area contributed by atoms with E-state index < -0.39 is 35.1 Å². The minimum absolute atomic E-state index is 0.00723. The van der Waals surface area contributed by atoms with Gasteiger partial charge in [-0.2, -0.15) is 26.3 Å². The van der Waals surface area contributed by atoms with Crippen molar-refractivity contribution in [2.45, 2.75) is 17.5 Å². The molecular formula is C23H15F6N5OS. The number of alkyl halides is 6. The van der Waals surface area contributed by atoms with Gasteiger partial charge in [0, 0.05) is 29.3 Å². The summed E-state index contributed by atoms with van der Waals surface area (Å²) < 4.78 is 80.2. The van der Waals surface area contributed by atoms with E-state index in [1.165, 1.54) is 0 Å². The molecule has 1 amide bonds. The van der Waals surface area contributed by atoms with E-state index in [1.54, 1.807) is 53.4 Å². The zero-order valence-electron chi connectivity index (χ0n) is 18.0. The van der Waals surface area contributed by atoms with Gasteiger partial charge in [-0.15, -0.1) is 10.2 Å². The Bertz CT molecular complexity index is 1320. The summed E-state index contributed by atoms with van der Waals surface area (Å²) in [4.78, 5) is 16.5. The van der Waals surface area contributed by atoms with Gasteiger partial charge in [0.2, 0.25) is 5.91 Å². The third kappa shape index (κ3) is 5.85. The molecule has 2 heterocycles. The molecule has 0 fully saturated rings. The van der Waals surface area contributed by atoms with Crippen molar-refractivity contribution < 1.29 is 31.1 Å². The zero-order valence-corrected chi connectivity index (χ0v) is 18.8. The number of carbonyl (C=O) groups excluding carboxylic acids is 1. The normalized spacial score (nSPS) is 11.9. The maximum atomic E-state index is 13.1. The van der Waals surface area contributed by atoms with Gasteiger partial charge in [0.1, 0.15) is 0 Å². The monoisotopic (exact) mass is 523 g/mol. The maximum Gasteiger partial charge on any atom is 0.416 e. The number of aromatic nitrogens is 4. The number of carbonyl (C=O) groups is 1. The van der Waals surface area contributed by atoms with Gasteiger partial charge in [0.25, 0.3) is 0 Å². The van der Waals surface area contributed by atoms with Crippen molar-refractivity contribution in [3.05, 3.63) is 84.2 Å². The molecule has 0 aliphatic rings. The number of benzene rings is 2. The van der Waals surface area contributed by atoms with Crippen LogP contribution >= 0.6 is 11.8 Å². The summed E-state index contributed by atoms with van der Waals surface area (Å²) in [6, 6.07) is 13.3. The molecular weight excluding hydrogens is 508 g/mol. The predicted octanol–water partition coefficient (Wildman–Crippen LogP) is 6.10. The van der Waals surface area contributed by atoms with E-state index >= 15 is 0 Å². The topological polar surface area (TPSA) is 72.7 Å². The molecule has 0 saturated heterocycles. The van der Waals surface area contributed by atoms with Crippen molar-refractivity contribution in [3.8, 4) is 17.1 Å². The highest BCUT2D eigenvalue weighted by Gasteiger charge is 2.37. The van der Waals surface area contributed by atoms with Gasteiger partial charge < -0.3 is 5.32 Å². The maximum absolute atomic E-state index is 13.1. The lowest BCUT2D eigenvalue weighted by atomic mass is 10.1. The fourth-order valence-electron chi connectivity index (χ4n) is 3.21. The number of thioether (sulfide) groups is 1. The highest BCUT2D eigenvalue weighted by Crippen LogP contribution is 2.37. The Kier molecular flexibility index (Phi) is 7.02. The van der Waals surface area contributed by atoms with E-state index in [9.17, 15) is 31.1 Å². The Morgan fingerprint density at radius 2 is 1.56 bits per heavy atom. The van der Waals surface area contributed by atoms with Gasteiger partial charge in [-0.1, -0.05) is 30.0 Å². The summed E-state index contributed by atoms with van der Waals surface area (Å²) in [5.41, 5.74) is -2.34. The summed E-state index contributed by atoms with van der Waals surface area (Å²) in [6.07, 6.45) is -6.88. The molecule has 1 N–H and O–H groups in total. The third-order valence-electron chi connectivity index (χ3n) is 4.77. The van der Waals surface area contributed by atoms with Crippen LogP contribution in [0.4, 0.5) is 32.0 Å². The minimum Gasteiger partial charge on any atom is -0.325 e. The molecule has 0 spiro atoms. The summed E-state index contributed by atoms with van der Waals surface area (Å²) >= 11 is 0.917. The quantitative estimate of drug-likeness (QED) is 0.244. The smallest absolute Gasteiger partial charge is 0.325 e. The standard InChI is InChI=1S/C23H15F6N5OS/c24-22(25,26)15-9-16(23(27,28)29)11-17(10-15)31-19(35)13-36-21-33-32-20(14-5-4-8-30-12-14)34(21)18-6-2-1-3-7-18/h1-12H,13H2,(H,31,35). The molecule has 2 aromatic heterocycles. The minimum atomic E-state index is -5.02. The van der Waals surface area contributed by atoms with E-state index in [4.69, 9.17) is 0 Å². The summed E-state index contributed by atoms with van der Waals surface area (Å²) in [7, 11) is 0. The van der Waals surface area contributed by atoms with Gasteiger partial charge in [-0.05, 0) is 42.5 Å². The average molecular weight is 523 g/mol. The molecule has 0 bridgehead atoms. The summed E-state index contributed by atoms with van der Waals surface area (Å²) in [5.74, 6) is -0.738. The van der Waals surface area contributed by atoms with Crippen LogP contribution in [0.25, 0.3) is 17.1 Å². The first-order chi connectivity index (χ1) is 17.0. The van der Waals surface area contributed by atoms with E-state index in [1.807, 2.05) is 6.07 Å². The zero-order chi connectivity index (χ0) is 25.9. The fourth-order valence-corrected chi connectivity index (χ4v) is 3.96. The predicted molar refractivity (Wildman–Crippen MR) is 120 cm³/mol. The van der Waals surface area contributed by atoms with Crippen LogP contribution in [-0.4, -0.2) is 31.4 Å². The average Bonchev–Trinajstić information content (AvgIpc) is 3.26.